The van der Waals surface area contributed by atoms with E-state index in [1.54, 1.807) is 0 Å². The topological polar surface area (TPSA) is 6.48 Å². The molecule has 0 saturated carbocycles. The summed E-state index contributed by atoms with van der Waals surface area (Å²) < 4.78 is 0. The van der Waals surface area contributed by atoms with E-state index in [-0.39, 0.29) is 0 Å². The Balaban J connectivity index is 4.07. The van der Waals surface area contributed by atoms with E-state index in [9.17, 15) is 0 Å². The highest BCUT2D eigenvalue weighted by molar-refractivity contribution is 4.94. The monoisotopic (exact) mass is 156 g/mol. The average Bonchev–Trinajstić information content (AvgIpc) is 1.87. The number of hydrogen-bond acceptors (Lipinski definition) is 2. The van der Waals surface area contributed by atoms with Gasteiger partial charge in [-0.25, -0.2) is 0 Å². The Morgan fingerprint density at radius 3 is 1.91 bits per heavy atom. The summed E-state index contributed by atoms with van der Waals surface area (Å²) >= 11 is 0. The maximum atomic E-state index is 2.20. The molecule has 0 aliphatic carbocycles. The molecule has 2 nitrogen and oxygen atoms in total. The zero-order chi connectivity index (χ0) is 9.02. The van der Waals surface area contributed by atoms with Crippen molar-refractivity contribution in [1.82, 2.24) is 9.80 Å². The number of hydrogen-bond donors (Lipinski definition) is 0. The second-order valence-corrected chi connectivity index (χ2v) is 3.42. The van der Waals surface area contributed by atoms with E-state index in [0.717, 1.165) is 0 Å². The predicted molar refractivity (Wildman–Crippen MR) is 50.3 cm³/mol. The highest BCUT2D eigenvalue weighted by Gasteiger charge is 1.98. The van der Waals surface area contributed by atoms with Crippen molar-refractivity contribution in [3.63, 3.8) is 0 Å². The van der Waals surface area contributed by atoms with Gasteiger partial charge in [0.2, 0.25) is 0 Å². The van der Waals surface area contributed by atoms with Crippen LogP contribution < -0.4 is 0 Å². The van der Waals surface area contributed by atoms with Crippen LogP contribution in [-0.4, -0.2) is 37.0 Å². The molecule has 0 fully saturated rings. The van der Waals surface area contributed by atoms with Crippen molar-refractivity contribution in [2.24, 2.45) is 0 Å². The van der Waals surface area contributed by atoms with Crippen LogP contribution in [0.25, 0.3) is 0 Å². The Labute approximate surface area is 70.5 Å². The minimum Gasteiger partial charge on any atom is -0.380 e. The van der Waals surface area contributed by atoms with Crippen LogP contribution in [0.1, 0.15) is 20.8 Å². The third kappa shape index (κ3) is 3.91. The maximum absolute atomic E-state index is 2.20. The zero-order valence-corrected chi connectivity index (χ0v) is 8.55. The fraction of sp³-hybridized carbons (Fsp3) is 0.778. The molecule has 0 N–H and O–H groups in total. The van der Waals surface area contributed by atoms with E-state index in [2.05, 4.69) is 57.9 Å². The molecule has 0 spiro atoms. The van der Waals surface area contributed by atoms with Crippen LogP contribution in [0.2, 0.25) is 0 Å². The zero-order valence-electron chi connectivity index (χ0n) is 8.55. The molecular formula is C9H20N2. The lowest BCUT2D eigenvalue weighted by Gasteiger charge is -2.22. The highest BCUT2D eigenvalue weighted by atomic mass is 15.1. The Bertz CT molecular complexity index is 136. The van der Waals surface area contributed by atoms with E-state index < -0.39 is 0 Å². The first-order valence-corrected chi connectivity index (χ1v) is 4.03. The van der Waals surface area contributed by atoms with Crippen molar-refractivity contribution in [1.29, 1.82) is 0 Å². The molecule has 0 aromatic heterocycles. The quantitative estimate of drug-likeness (QED) is 0.614. The van der Waals surface area contributed by atoms with Crippen molar-refractivity contribution in [3.05, 3.63) is 11.9 Å². The van der Waals surface area contributed by atoms with Gasteiger partial charge in [-0.05, 0) is 20.8 Å². The van der Waals surface area contributed by atoms with Crippen LogP contribution in [-0.2, 0) is 0 Å². The van der Waals surface area contributed by atoms with Crippen molar-refractivity contribution in [3.8, 4) is 0 Å². The molecule has 0 aromatic rings. The minimum absolute atomic E-state index is 0.574. The summed E-state index contributed by atoms with van der Waals surface area (Å²) in [6, 6.07) is 0.574. The molecule has 0 heterocycles. The molecule has 11 heavy (non-hydrogen) atoms. The molecule has 2 heteroatoms. The summed E-state index contributed by atoms with van der Waals surface area (Å²) in [6.07, 6.45) is 2.16. The van der Waals surface area contributed by atoms with Gasteiger partial charge >= 0.3 is 0 Å². The fourth-order valence-corrected chi connectivity index (χ4v) is 0.559. The Kier molecular flexibility index (Phi) is 4.01. The number of rotatable bonds is 3. The largest absolute Gasteiger partial charge is 0.380 e. The lowest BCUT2D eigenvalue weighted by Crippen LogP contribution is -2.22. The second-order valence-electron chi connectivity index (χ2n) is 3.42. The van der Waals surface area contributed by atoms with Gasteiger partial charge < -0.3 is 9.80 Å². The Hall–Kier alpha value is -0.660. The molecule has 0 amide bonds. The van der Waals surface area contributed by atoms with Gasteiger partial charge in [-0.3, -0.25) is 0 Å². The average molecular weight is 156 g/mol. The van der Waals surface area contributed by atoms with Crippen LogP contribution in [0, 0.1) is 0 Å². The standard InChI is InChI=1S/C9H20N2/c1-8(2)11(6)7-9(3)10(4)5/h7-8H,1-6H3/b9-7-. The van der Waals surface area contributed by atoms with Crippen LogP contribution >= 0.6 is 0 Å². The van der Waals surface area contributed by atoms with Gasteiger partial charge in [0.1, 0.15) is 0 Å². The highest BCUT2D eigenvalue weighted by Crippen LogP contribution is 2.01. The van der Waals surface area contributed by atoms with E-state index in [4.69, 9.17) is 0 Å². The first kappa shape index (κ1) is 10.3. The van der Waals surface area contributed by atoms with Gasteiger partial charge in [-0.2, -0.15) is 0 Å². The predicted octanol–water partition coefficient (Wildman–Crippen LogP) is 1.75. The first-order chi connectivity index (χ1) is 4.95. The molecule has 66 valence electrons. The van der Waals surface area contributed by atoms with Gasteiger partial charge in [0.25, 0.3) is 0 Å². The lowest BCUT2D eigenvalue weighted by molar-refractivity contribution is 0.360. The summed E-state index contributed by atoms with van der Waals surface area (Å²) in [5.41, 5.74) is 1.28. The van der Waals surface area contributed by atoms with Crippen LogP contribution in [0.15, 0.2) is 11.9 Å². The molecule has 0 aliphatic heterocycles. The van der Waals surface area contributed by atoms with Crippen molar-refractivity contribution in [2.45, 2.75) is 26.8 Å². The summed E-state index contributed by atoms with van der Waals surface area (Å²) in [5, 5.41) is 0. The number of nitrogens with zero attached hydrogens (tertiary/aromatic N) is 2. The van der Waals surface area contributed by atoms with E-state index in [1.807, 2.05) is 0 Å². The van der Waals surface area contributed by atoms with Crippen molar-refractivity contribution < 1.29 is 0 Å². The maximum Gasteiger partial charge on any atom is 0.0257 e. The summed E-state index contributed by atoms with van der Waals surface area (Å²) in [5.74, 6) is 0. The lowest BCUT2D eigenvalue weighted by atomic mass is 10.3. The van der Waals surface area contributed by atoms with Gasteiger partial charge in [0, 0.05) is 39.1 Å². The van der Waals surface area contributed by atoms with E-state index in [0.29, 0.717) is 6.04 Å². The molecule has 0 bridgehead atoms. The minimum atomic E-state index is 0.574. The molecule has 0 aliphatic rings. The Morgan fingerprint density at radius 2 is 1.64 bits per heavy atom. The van der Waals surface area contributed by atoms with Crippen LogP contribution in [0.3, 0.4) is 0 Å². The third-order valence-corrected chi connectivity index (χ3v) is 1.91. The third-order valence-electron chi connectivity index (χ3n) is 1.91. The van der Waals surface area contributed by atoms with Gasteiger partial charge in [-0.15, -0.1) is 0 Å². The SMILES string of the molecule is C/C(=C/N(C)C(C)C)N(C)C. The molecule has 0 rings (SSSR count). The molecule has 0 aromatic carbocycles. The van der Waals surface area contributed by atoms with Gasteiger partial charge in [0.05, 0.1) is 0 Å². The smallest absolute Gasteiger partial charge is 0.0257 e. The summed E-state index contributed by atoms with van der Waals surface area (Å²) in [7, 11) is 6.21. The van der Waals surface area contributed by atoms with Gasteiger partial charge in [0.15, 0.2) is 0 Å². The van der Waals surface area contributed by atoms with Crippen molar-refractivity contribution in [2.75, 3.05) is 21.1 Å². The van der Waals surface area contributed by atoms with Crippen LogP contribution in [0.4, 0.5) is 0 Å². The van der Waals surface area contributed by atoms with Crippen LogP contribution in [0.5, 0.6) is 0 Å². The fourth-order valence-electron chi connectivity index (χ4n) is 0.559. The van der Waals surface area contributed by atoms with Gasteiger partial charge in [-0.1, -0.05) is 0 Å². The Morgan fingerprint density at radius 1 is 1.18 bits per heavy atom. The van der Waals surface area contributed by atoms with Crippen molar-refractivity contribution >= 4 is 0 Å². The summed E-state index contributed by atoms with van der Waals surface area (Å²) in [4.78, 5) is 4.31. The normalized spacial score (nSPS) is 12.1. The molecular weight excluding hydrogens is 136 g/mol. The first-order valence-electron chi connectivity index (χ1n) is 4.03. The number of allylic oxidation sites excluding steroid dienone is 1. The molecule has 0 atom stereocenters. The molecule has 0 saturated heterocycles. The summed E-state index contributed by atoms with van der Waals surface area (Å²) in [6.45, 7) is 6.47. The van der Waals surface area contributed by atoms with E-state index in [1.165, 1.54) is 5.70 Å². The molecule has 0 unspecified atom stereocenters. The second kappa shape index (κ2) is 4.27. The molecule has 0 radical (unpaired) electrons. The van der Waals surface area contributed by atoms with E-state index >= 15 is 0 Å².